The summed E-state index contributed by atoms with van der Waals surface area (Å²) in [7, 11) is -3.00. The number of aromatic hydroxyl groups is 1. The number of halogens is 2. The standard InChI is InChI=1S/C26H19BF2N2O2/c1-15-13-17-9-10-18-14-16(2)26(33-27(28)29)24(20-8-4-6-12-31-20)22(18)21(17)23(25(15)32)19-7-3-5-11-30-19/h3-14,32H,1-2H3. The zero-order valence-corrected chi connectivity index (χ0v) is 18.0. The lowest BCUT2D eigenvalue weighted by molar-refractivity contribution is 0.425. The maximum Gasteiger partial charge on any atom is 0.796 e. The topological polar surface area (TPSA) is 55.2 Å². The molecule has 5 rings (SSSR count). The summed E-state index contributed by atoms with van der Waals surface area (Å²) in [5.74, 6) is 0.160. The average molecular weight is 440 g/mol. The average Bonchev–Trinajstić information content (AvgIpc) is 2.81. The fraction of sp³-hybridized carbons (Fsp3) is 0.0769. The third-order valence-electron chi connectivity index (χ3n) is 5.76. The second kappa shape index (κ2) is 8.17. The molecule has 2 heterocycles. The van der Waals surface area contributed by atoms with Crippen LogP contribution < -0.4 is 4.65 Å². The largest absolute Gasteiger partial charge is 0.796 e. The number of aryl methyl sites for hydroxylation is 2. The van der Waals surface area contributed by atoms with E-state index in [0.29, 0.717) is 44.4 Å². The van der Waals surface area contributed by atoms with Crippen molar-refractivity contribution >= 4 is 29.0 Å². The number of nitrogens with zero attached hydrogens (tertiary/aromatic N) is 2. The van der Waals surface area contributed by atoms with Crippen molar-refractivity contribution in [3.63, 3.8) is 0 Å². The summed E-state index contributed by atoms with van der Waals surface area (Å²) in [6.45, 7) is 3.56. The number of phenols is 1. The van der Waals surface area contributed by atoms with E-state index in [-0.39, 0.29) is 11.5 Å². The molecule has 0 amide bonds. The maximum absolute atomic E-state index is 13.5. The molecule has 1 N–H and O–H groups in total. The van der Waals surface area contributed by atoms with E-state index in [1.54, 1.807) is 43.6 Å². The van der Waals surface area contributed by atoms with Gasteiger partial charge in [0.05, 0.1) is 17.0 Å². The fourth-order valence-corrected chi connectivity index (χ4v) is 4.40. The van der Waals surface area contributed by atoms with E-state index in [1.165, 1.54) is 0 Å². The van der Waals surface area contributed by atoms with E-state index in [2.05, 4.69) is 9.97 Å². The van der Waals surface area contributed by atoms with Gasteiger partial charge in [-0.25, -0.2) is 8.63 Å². The van der Waals surface area contributed by atoms with Crippen molar-refractivity contribution < 1.29 is 18.4 Å². The van der Waals surface area contributed by atoms with Crippen LogP contribution in [0.5, 0.6) is 11.5 Å². The lowest BCUT2D eigenvalue weighted by Crippen LogP contribution is -2.11. The summed E-state index contributed by atoms with van der Waals surface area (Å²) in [4.78, 5) is 8.93. The van der Waals surface area contributed by atoms with Crippen LogP contribution in [0.1, 0.15) is 11.1 Å². The third-order valence-corrected chi connectivity index (χ3v) is 5.76. The monoisotopic (exact) mass is 440 g/mol. The zero-order valence-electron chi connectivity index (χ0n) is 18.0. The Hall–Kier alpha value is -4.00. The van der Waals surface area contributed by atoms with Crippen LogP contribution in [0.4, 0.5) is 8.63 Å². The predicted molar refractivity (Wildman–Crippen MR) is 128 cm³/mol. The molecule has 0 saturated heterocycles. The van der Waals surface area contributed by atoms with E-state index in [1.807, 2.05) is 43.3 Å². The Balaban J connectivity index is 2.05. The lowest BCUT2D eigenvalue weighted by Gasteiger charge is -2.20. The molecule has 5 aromatic rings. The van der Waals surface area contributed by atoms with Crippen LogP contribution >= 0.6 is 0 Å². The van der Waals surface area contributed by atoms with Crippen molar-refractivity contribution in [1.82, 2.24) is 9.97 Å². The first-order chi connectivity index (χ1) is 16.0. The number of pyridine rings is 2. The highest BCUT2D eigenvalue weighted by atomic mass is 19.2. The van der Waals surface area contributed by atoms with Crippen LogP contribution in [0.2, 0.25) is 0 Å². The van der Waals surface area contributed by atoms with Gasteiger partial charge in [0.15, 0.2) is 0 Å². The highest BCUT2D eigenvalue weighted by Crippen LogP contribution is 2.47. The SMILES string of the molecule is Cc1cc2ccc3cc(C)c(OB(F)F)c(-c4ccccn4)c3c2c(-c2ccccn2)c1O. The van der Waals surface area contributed by atoms with Crippen molar-refractivity contribution in [3.8, 4) is 34.0 Å². The molecule has 33 heavy (non-hydrogen) atoms. The van der Waals surface area contributed by atoms with E-state index in [4.69, 9.17) is 4.65 Å². The molecular formula is C26H19BF2N2O2. The van der Waals surface area contributed by atoms with Gasteiger partial charge in [-0.05, 0) is 72.1 Å². The first kappa shape index (κ1) is 20.9. The molecule has 2 aromatic heterocycles. The Bertz CT molecular complexity index is 1490. The van der Waals surface area contributed by atoms with E-state index in [9.17, 15) is 13.7 Å². The minimum atomic E-state index is -3.00. The van der Waals surface area contributed by atoms with Gasteiger partial charge >= 0.3 is 7.47 Å². The van der Waals surface area contributed by atoms with Gasteiger partial charge in [0.1, 0.15) is 11.5 Å². The lowest BCUT2D eigenvalue weighted by atomic mass is 9.88. The Morgan fingerprint density at radius 3 is 1.85 bits per heavy atom. The Kier molecular flexibility index (Phi) is 5.17. The van der Waals surface area contributed by atoms with Gasteiger partial charge in [-0.3, -0.25) is 9.97 Å². The molecule has 0 spiro atoms. The molecule has 3 aromatic carbocycles. The molecule has 0 aliphatic heterocycles. The minimum absolute atomic E-state index is 0.0655. The number of benzene rings is 3. The minimum Gasteiger partial charge on any atom is -0.507 e. The van der Waals surface area contributed by atoms with Crippen LogP contribution in [-0.2, 0) is 0 Å². The van der Waals surface area contributed by atoms with Crippen molar-refractivity contribution in [2.45, 2.75) is 13.8 Å². The molecule has 0 aliphatic rings. The molecule has 7 heteroatoms. The third kappa shape index (κ3) is 3.55. The normalized spacial score (nSPS) is 11.2. The summed E-state index contributed by atoms with van der Waals surface area (Å²) in [5.41, 5.74) is 3.34. The van der Waals surface area contributed by atoms with Crippen molar-refractivity contribution in [2.75, 3.05) is 0 Å². The summed E-state index contributed by atoms with van der Waals surface area (Å²) in [6, 6.07) is 18.4. The van der Waals surface area contributed by atoms with Crippen molar-refractivity contribution in [1.29, 1.82) is 0 Å². The van der Waals surface area contributed by atoms with E-state index in [0.717, 1.165) is 10.8 Å². The van der Waals surface area contributed by atoms with Gasteiger partial charge in [-0.2, -0.15) is 0 Å². The molecule has 0 radical (unpaired) electrons. The number of aromatic nitrogens is 2. The Labute approximate surface area is 189 Å². The predicted octanol–water partition coefficient (Wildman–Crippen LogP) is 6.74. The van der Waals surface area contributed by atoms with Gasteiger partial charge < -0.3 is 9.76 Å². The number of phenolic OH excluding ortho intramolecular Hbond substituents is 1. The van der Waals surface area contributed by atoms with E-state index >= 15 is 0 Å². The number of hydrogen-bond donors (Lipinski definition) is 1. The molecule has 0 fully saturated rings. The van der Waals surface area contributed by atoms with Crippen LogP contribution in [0.25, 0.3) is 44.1 Å². The molecule has 0 aliphatic carbocycles. The summed E-state index contributed by atoms with van der Waals surface area (Å²) in [5, 5.41) is 14.2. The quantitative estimate of drug-likeness (QED) is 0.248. The van der Waals surface area contributed by atoms with Crippen molar-refractivity contribution in [3.05, 3.63) is 84.2 Å². The van der Waals surface area contributed by atoms with Crippen LogP contribution in [-0.4, -0.2) is 22.5 Å². The molecule has 0 unspecified atom stereocenters. The molecule has 0 atom stereocenters. The molecule has 162 valence electrons. The fourth-order valence-electron chi connectivity index (χ4n) is 4.40. The summed E-state index contributed by atoms with van der Waals surface area (Å²) < 4.78 is 32.0. The number of rotatable bonds is 4. The van der Waals surface area contributed by atoms with Gasteiger partial charge in [0, 0.05) is 28.7 Å². The Morgan fingerprint density at radius 2 is 1.30 bits per heavy atom. The van der Waals surface area contributed by atoms with Gasteiger partial charge in [-0.15, -0.1) is 0 Å². The summed E-state index contributed by atoms with van der Waals surface area (Å²) in [6.07, 6.45) is 3.27. The molecular weight excluding hydrogens is 421 g/mol. The zero-order chi connectivity index (χ0) is 23.1. The van der Waals surface area contributed by atoms with E-state index < -0.39 is 7.47 Å². The first-order valence-corrected chi connectivity index (χ1v) is 10.5. The van der Waals surface area contributed by atoms with Gasteiger partial charge in [0.2, 0.25) is 0 Å². The van der Waals surface area contributed by atoms with Gasteiger partial charge in [-0.1, -0.05) is 24.3 Å². The van der Waals surface area contributed by atoms with Crippen LogP contribution in [0.3, 0.4) is 0 Å². The Morgan fingerprint density at radius 1 is 0.758 bits per heavy atom. The second-order valence-corrected chi connectivity index (χ2v) is 7.88. The smallest absolute Gasteiger partial charge is 0.507 e. The number of fused-ring (bicyclic) bond motifs is 3. The van der Waals surface area contributed by atoms with Gasteiger partial charge in [0.25, 0.3) is 0 Å². The van der Waals surface area contributed by atoms with Crippen LogP contribution in [0, 0.1) is 13.8 Å². The molecule has 4 nitrogen and oxygen atoms in total. The summed E-state index contributed by atoms with van der Waals surface area (Å²) >= 11 is 0. The molecule has 0 saturated carbocycles. The van der Waals surface area contributed by atoms with Crippen molar-refractivity contribution in [2.24, 2.45) is 0 Å². The highest BCUT2D eigenvalue weighted by molar-refractivity contribution is 6.36. The first-order valence-electron chi connectivity index (χ1n) is 10.5. The maximum atomic E-state index is 13.5. The van der Waals surface area contributed by atoms with Crippen LogP contribution in [0.15, 0.2) is 73.1 Å². The highest BCUT2D eigenvalue weighted by Gasteiger charge is 2.26. The number of hydrogen-bond acceptors (Lipinski definition) is 4. The second-order valence-electron chi connectivity index (χ2n) is 7.88. The molecule has 0 bridgehead atoms.